The molecule has 1 aliphatic carbocycles. The predicted molar refractivity (Wildman–Crippen MR) is 131 cm³/mol. The average molecular weight is 474 g/mol. The molecule has 1 N–H and O–H groups in total. The number of anilines is 1. The van der Waals surface area contributed by atoms with Crippen molar-refractivity contribution in [1.82, 2.24) is 9.80 Å². The zero-order chi connectivity index (χ0) is 24.8. The first kappa shape index (κ1) is 26.0. The summed E-state index contributed by atoms with van der Waals surface area (Å²) in [6.45, 7) is 6.69. The van der Waals surface area contributed by atoms with E-state index < -0.39 is 0 Å². The third-order valence-corrected chi connectivity index (χ3v) is 7.00. The van der Waals surface area contributed by atoms with E-state index in [1.807, 2.05) is 11.8 Å². The Morgan fingerprint density at radius 1 is 1.12 bits per heavy atom. The molecule has 188 valence electrons. The highest BCUT2D eigenvalue weighted by molar-refractivity contribution is 5.99. The molecule has 1 aromatic carbocycles. The van der Waals surface area contributed by atoms with Crippen molar-refractivity contribution in [1.29, 1.82) is 0 Å². The van der Waals surface area contributed by atoms with Crippen LogP contribution in [0, 0.1) is 11.8 Å². The van der Waals surface area contributed by atoms with Gasteiger partial charge in [0.1, 0.15) is 12.4 Å². The zero-order valence-electron chi connectivity index (χ0n) is 21.1. The summed E-state index contributed by atoms with van der Waals surface area (Å²) >= 11 is 0. The Bertz CT molecular complexity index is 883. The van der Waals surface area contributed by atoms with Crippen molar-refractivity contribution in [3.8, 4) is 5.75 Å². The van der Waals surface area contributed by atoms with Crippen LogP contribution in [-0.4, -0.2) is 73.5 Å². The molecule has 1 saturated carbocycles. The topological polar surface area (TPSA) is 88.2 Å². The Labute approximate surface area is 202 Å². The zero-order valence-corrected chi connectivity index (χ0v) is 21.1. The molecular formula is C26H39N3O5. The van der Waals surface area contributed by atoms with Crippen LogP contribution in [0.5, 0.6) is 5.75 Å². The summed E-state index contributed by atoms with van der Waals surface area (Å²) in [5, 5.41) is 2.73. The summed E-state index contributed by atoms with van der Waals surface area (Å²) in [7, 11) is 3.38. The van der Waals surface area contributed by atoms with Gasteiger partial charge in [-0.3, -0.25) is 14.4 Å². The van der Waals surface area contributed by atoms with Crippen molar-refractivity contribution >= 4 is 23.4 Å². The molecule has 8 heteroatoms. The van der Waals surface area contributed by atoms with E-state index in [0.29, 0.717) is 30.1 Å². The lowest BCUT2D eigenvalue weighted by molar-refractivity contribution is -0.141. The molecule has 3 rings (SSSR count). The highest BCUT2D eigenvalue weighted by atomic mass is 16.5. The standard InChI is InChI=1S/C26H39N3O5/c1-17-14-29(25(31)20-9-7-6-8-10-20)18(2)16-34-23-12-11-21(27-19(3)30)13-22(23)26(32)28(4)15-24(17)33-5/h11-13,17-18,20,24H,6-10,14-16H2,1-5H3,(H,27,30)/t17-,18+,24-/m0/s1. The molecule has 0 radical (unpaired) electrons. The molecule has 3 amide bonds. The molecule has 1 aliphatic heterocycles. The van der Waals surface area contributed by atoms with Gasteiger partial charge in [0.25, 0.3) is 5.91 Å². The lowest BCUT2D eigenvalue weighted by Gasteiger charge is -2.38. The molecule has 0 bridgehead atoms. The Morgan fingerprint density at radius 2 is 1.82 bits per heavy atom. The van der Waals surface area contributed by atoms with Gasteiger partial charge in [0, 0.05) is 51.7 Å². The number of hydrogen-bond donors (Lipinski definition) is 1. The molecule has 34 heavy (non-hydrogen) atoms. The number of likely N-dealkylation sites (N-methyl/N-ethyl adjacent to an activating group) is 1. The van der Waals surface area contributed by atoms with E-state index in [4.69, 9.17) is 9.47 Å². The number of ether oxygens (including phenoxy) is 2. The second-order valence-corrected chi connectivity index (χ2v) is 9.81. The first-order valence-corrected chi connectivity index (χ1v) is 12.3. The van der Waals surface area contributed by atoms with Gasteiger partial charge in [0.15, 0.2) is 0 Å². The first-order chi connectivity index (χ1) is 16.2. The maximum absolute atomic E-state index is 13.6. The maximum atomic E-state index is 13.6. The molecule has 1 fully saturated rings. The summed E-state index contributed by atoms with van der Waals surface area (Å²) in [5.41, 5.74) is 0.900. The van der Waals surface area contributed by atoms with E-state index >= 15 is 0 Å². The molecule has 1 aromatic rings. The van der Waals surface area contributed by atoms with Crippen LogP contribution >= 0.6 is 0 Å². The van der Waals surface area contributed by atoms with Crippen molar-refractivity contribution in [2.24, 2.45) is 11.8 Å². The maximum Gasteiger partial charge on any atom is 0.257 e. The monoisotopic (exact) mass is 473 g/mol. The van der Waals surface area contributed by atoms with Gasteiger partial charge >= 0.3 is 0 Å². The number of rotatable bonds is 3. The van der Waals surface area contributed by atoms with Crippen LogP contribution in [0.2, 0.25) is 0 Å². The molecule has 0 spiro atoms. The molecule has 0 saturated heterocycles. The van der Waals surface area contributed by atoms with Crippen LogP contribution in [-0.2, 0) is 14.3 Å². The number of nitrogens with zero attached hydrogens (tertiary/aromatic N) is 2. The number of carbonyl (C=O) groups is 3. The minimum absolute atomic E-state index is 0.0276. The molecular weight excluding hydrogens is 434 g/mol. The SMILES string of the molecule is CO[C@H]1CN(C)C(=O)c2cc(NC(C)=O)ccc2OC[C@@H](C)N(C(=O)C2CCCCC2)C[C@@H]1C. The number of amides is 3. The quantitative estimate of drug-likeness (QED) is 0.725. The number of benzene rings is 1. The minimum atomic E-state index is -0.231. The Morgan fingerprint density at radius 3 is 2.47 bits per heavy atom. The molecule has 2 aliphatic rings. The van der Waals surface area contributed by atoms with E-state index in [1.54, 1.807) is 37.3 Å². The van der Waals surface area contributed by atoms with Crippen LogP contribution in [0.15, 0.2) is 18.2 Å². The third kappa shape index (κ3) is 6.29. The smallest absolute Gasteiger partial charge is 0.257 e. The highest BCUT2D eigenvalue weighted by Gasteiger charge is 2.33. The van der Waals surface area contributed by atoms with Crippen molar-refractivity contribution in [3.05, 3.63) is 23.8 Å². The lowest BCUT2D eigenvalue weighted by atomic mass is 9.87. The van der Waals surface area contributed by atoms with Crippen LogP contribution < -0.4 is 10.1 Å². The third-order valence-electron chi connectivity index (χ3n) is 7.00. The average Bonchev–Trinajstić information content (AvgIpc) is 2.83. The number of carbonyl (C=O) groups excluding carboxylic acids is 3. The molecule has 0 unspecified atom stereocenters. The predicted octanol–water partition coefficient (Wildman–Crippen LogP) is 3.56. The molecule has 3 atom stereocenters. The van der Waals surface area contributed by atoms with Crippen LogP contribution in [0.1, 0.15) is 63.2 Å². The normalized spacial score (nSPS) is 25.0. The van der Waals surface area contributed by atoms with Crippen LogP contribution in [0.4, 0.5) is 5.69 Å². The van der Waals surface area contributed by atoms with Gasteiger partial charge in [-0.2, -0.15) is 0 Å². The van der Waals surface area contributed by atoms with Crippen molar-refractivity contribution < 1.29 is 23.9 Å². The summed E-state index contributed by atoms with van der Waals surface area (Å²) in [4.78, 5) is 42.0. The fraction of sp³-hybridized carbons (Fsp3) is 0.654. The van der Waals surface area contributed by atoms with Gasteiger partial charge in [-0.25, -0.2) is 0 Å². The molecule has 1 heterocycles. The second kappa shape index (κ2) is 11.7. The Kier molecular flexibility index (Phi) is 8.94. The Hall–Kier alpha value is -2.61. The number of methoxy groups -OCH3 is 1. The van der Waals surface area contributed by atoms with Gasteiger partial charge in [-0.05, 0) is 38.0 Å². The van der Waals surface area contributed by atoms with Gasteiger partial charge < -0.3 is 24.6 Å². The van der Waals surface area contributed by atoms with E-state index in [2.05, 4.69) is 12.2 Å². The van der Waals surface area contributed by atoms with Gasteiger partial charge in [-0.1, -0.05) is 26.2 Å². The van der Waals surface area contributed by atoms with E-state index in [9.17, 15) is 14.4 Å². The van der Waals surface area contributed by atoms with Gasteiger partial charge in [0.2, 0.25) is 11.8 Å². The second-order valence-electron chi connectivity index (χ2n) is 9.81. The van der Waals surface area contributed by atoms with Crippen molar-refractivity contribution in [3.63, 3.8) is 0 Å². The molecule has 8 nitrogen and oxygen atoms in total. The van der Waals surface area contributed by atoms with E-state index in [1.165, 1.54) is 13.3 Å². The summed E-state index contributed by atoms with van der Waals surface area (Å²) < 4.78 is 11.9. The van der Waals surface area contributed by atoms with Crippen molar-refractivity contribution in [2.45, 2.75) is 65.0 Å². The minimum Gasteiger partial charge on any atom is -0.491 e. The summed E-state index contributed by atoms with van der Waals surface area (Å²) in [5.74, 6) is 0.299. The number of fused-ring (bicyclic) bond motifs is 1. The largest absolute Gasteiger partial charge is 0.491 e. The van der Waals surface area contributed by atoms with Gasteiger partial charge in [-0.15, -0.1) is 0 Å². The number of nitrogens with one attached hydrogen (secondary N) is 1. The summed E-state index contributed by atoms with van der Waals surface area (Å²) in [6.07, 6.45) is 5.05. The fourth-order valence-corrected chi connectivity index (χ4v) is 4.95. The van der Waals surface area contributed by atoms with Gasteiger partial charge in [0.05, 0.1) is 17.7 Å². The fourth-order valence-electron chi connectivity index (χ4n) is 4.95. The molecule has 0 aromatic heterocycles. The van der Waals surface area contributed by atoms with Crippen molar-refractivity contribution in [2.75, 3.05) is 39.2 Å². The van der Waals surface area contributed by atoms with E-state index in [-0.39, 0.29) is 48.3 Å². The number of hydrogen-bond acceptors (Lipinski definition) is 5. The first-order valence-electron chi connectivity index (χ1n) is 12.3. The van der Waals surface area contributed by atoms with Crippen LogP contribution in [0.25, 0.3) is 0 Å². The van der Waals surface area contributed by atoms with E-state index in [0.717, 1.165) is 25.7 Å². The highest BCUT2D eigenvalue weighted by Crippen LogP contribution is 2.29. The lowest BCUT2D eigenvalue weighted by Crippen LogP contribution is -2.50. The Balaban J connectivity index is 1.94. The van der Waals surface area contributed by atoms with Crippen LogP contribution in [0.3, 0.4) is 0 Å². The summed E-state index contributed by atoms with van der Waals surface area (Å²) in [6, 6.07) is 4.90.